The molecule has 4 heteroatoms. The molecule has 1 amide bonds. The smallest absolute Gasteiger partial charge is 0.253 e. The maximum atomic E-state index is 12.6. The van der Waals surface area contributed by atoms with Crippen molar-refractivity contribution in [3.05, 3.63) is 35.4 Å². The molecule has 0 aliphatic carbocycles. The first-order chi connectivity index (χ1) is 10.0. The first-order valence-electron chi connectivity index (χ1n) is 7.75. The van der Waals surface area contributed by atoms with E-state index in [0.29, 0.717) is 0 Å². The molecule has 1 aliphatic rings. The van der Waals surface area contributed by atoms with Crippen LogP contribution in [-0.4, -0.2) is 59.6 Å². The molecule has 0 bridgehead atoms. The van der Waals surface area contributed by atoms with E-state index in [1.165, 1.54) is 0 Å². The number of aryl methyl sites for hydroxylation is 1. The first-order valence-corrected chi connectivity index (χ1v) is 7.75. The second-order valence-corrected chi connectivity index (χ2v) is 6.10. The molecule has 1 atom stereocenters. The number of rotatable bonds is 6. The Morgan fingerprint density at radius 1 is 1.48 bits per heavy atom. The van der Waals surface area contributed by atoms with Gasteiger partial charge in [0.1, 0.15) is 0 Å². The van der Waals surface area contributed by atoms with E-state index in [1.54, 1.807) is 0 Å². The second kappa shape index (κ2) is 7.05. The number of benzene rings is 1. The minimum atomic E-state index is -0.190. The van der Waals surface area contributed by atoms with Gasteiger partial charge in [-0.25, -0.2) is 0 Å². The third-order valence-electron chi connectivity index (χ3n) is 4.16. The summed E-state index contributed by atoms with van der Waals surface area (Å²) in [5.41, 5.74) is 1.86. The molecule has 0 saturated carbocycles. The SMILES string of the molecule is CCC[C@@H](CN1CC(O)C1)N(C)C(=O)c1cccc(C)c1. The van der Waals surface area contributed by atoms with Crippen molar-refractivity contribution in [3.63, 3.8) is 0 Å². The summed E-state index contributed by atoms with van der Waals surface area (Å²) in [5.74, 6) is 0.0817. The summed E-state index contributed by atoms with van der Waals surface area (Å²) >= 11 is 0. The predicted octanol–water partition coefficient (Wildman–Crippen LogP) is 1.91. The van der Waals surface area contributed by atoms with Crippen molar-refractivity contribution in [2.45, 2.75) is 38.8 Å². The molecule has 1 heterocycles. The van der Waals surface area contributed by atoms with Crippen LogP contribution in [0, 0.1) is 6.92 Å². The van der Waals surface area contributed by atoms with Gasteiger partial charge in [-0.05, 0) is 25.5 Å². The van der Waals surface area contributed by atoms with E-state index >= 15 is 0 Å². The van der Waals surface area contributed by atoms with Crippen LogP contribution < -0.4 is 0 Å². The zero-order valence-corrected chi connectivity index (χ0v) is 13.2. The summed E-state index contributed by atoms with van der Waals surface area (Å²) in [6.45, 7) is 6.45. The number of hydrogen-bond acceptors (Lipinski definition) is 3. The van der Waals surface area contributed by atoms with Crippen molar-refractivity contribution in [3.8, 4) is 0 Å². The van der Waals surface area contributed by atoms with Gasteiger partial charge in [0.25, 0.3) is 5.91 Å². The van der Waals surface area contributed by atoms with Crippen LogP contribution in [0.15, 0.2) is 24.3 Å². The molecule has 0 aromatic heterocycles. The van der Waals surface area contributed by atoms with Crippen LogP contribution in [0.2, 0.25) is 0 Å². The van der Waals surface area contributed by atoms with E-state index in [9.17, 15) is 9.90 Å². The Hall–Kier alpha value is -1.39. The Labute approximate surface area is 127 Å². The summed E-state index contributed by atoms with van der Waals surface area (Å²) in [7, 11) is 1.89. The summed E-state index contributed by atoms with van der Waals surface area (Å²) < 4.78 is 0. The fraction of sp³-hybridized carbons (Fsp3) is 0.588. The number of amides is 1. The van der Waals surface area contributed by atoms with Gasteiger partial charge in [0.15, 0.2) is 0 Å². The molecule has 21 heavy (non-hydrogen) atoms. The van der Waals surface area contributed by atoms with E-state index in [2.05, 4.69) is 11.8 Å². The molecule has 4 nitrogen and oxygen atoms in total. The van der Waals surface area contributed by atoms with Crippen molar-refractivity contribution in [2.75, 3.05) is 26.7 Å². The third kappa shape index (κ3) is 4.05. The fourth-order valence-electron chi connectivity index (χ4n) is 2.88. The highest BCUT2D eigenvalue weighted by atomic mass is 16.3. The molecule has 0 unspecified atom stereocenters. The van der Waals surface area contributed by atoms with E-state index in [1.807, 2.05) is 43.1 Å². The Bertz CT molecular complexity index is 483. The van der Waals surface area contributed by atoms with Gasteiger partial charge >= 0.3 is 0 Å². The fourth-order valence-corrected chi connectivity index (χ4v) is 2.88. The largest absolute Gasteiger partial charge is 0.390 e. The number of carbonyl (C=O) groups excluding carboxylic acids is 1. The molecule has 1 aromatic carbocycles. The van der Waals surface area contributed by atoms with Gasteiger partial charge in [-0.15, -0.1) is 0 Å². The molecule has 1 fully saturated rings. The summed E-state index contributed by atoms with van der Waals surface area (Å²) in [5, 5.41) is 9.40. The Balaban J connectivity index is 2.02. The van der Waals surface area contributed by atoms with E-state index in [0.717, 1.165) is 43.6 Å². The van der Waals surface area contributed by atoms with Crippen molar-refractivity contribution >= 4 is 5.91 Å². The molecule has 1 aliphatic heterocycles. The Morgan fingerprint density at radius 2 is 2.19 bits per heavy atom. The predicted molar refractivity (Wildman–Crippen MR) is 84.4 cm³/mol. The molecule has 116 valence electrons. The summed E-state index contributed by atoms with van der Waals surface area (Å²) in [6, 6.07) is 7.95. The zero-order chi connectivity index (χ0) is 15.4. The van der Waals surface area contributed by atoms with E-state index in [4.69, 9.17) is 0 Å². The third-order valence-corrected chi connectivity index (χ3v) is 4.16. The highest BCUT2D eigenvalue weighted by Gasteiger charge is 2.29. The molecule has 0 radical (unpaired) electrons. The summed E-state index contributed by atoms with van der Waals surface area (Å²) in [6.07, 6.45) is 1.85. The van der Waals surface area contributed by atoms with E-state index in [-0.39, 0.29) is 18.1 Å². The maximum absolute atomic E-state index is 12.6. The van der Waals surface area contributed by atoms with Crippen LogP contribution >= 0.6 is 0 Å². The average molecular weight is 290 g/mol. The van der Waals surface area contributed by atoms with Gasteiger partial charge in [-0.1, -0.05) is 31.0 Å². The number of β-amino-alcohol motifs (C(OH)–C–C–N with tert-alkyl or cyclic N) is 1. The van der Waals surface area contributed by atoms with Crippen LogP contribution in [0.1, 0.15) is 35.7 Å². The Morgan fingerprint density at radius 3 is 2.76 bits per heavy atom. The maximum Gasteiger partial charge on any atom is 0.253 e. The number of aliphatic hydroxyl groups excluding tert-OH is 1. The van der Waals surface area contributed by atoms with Gasteiger partial charge in [0.2, 0.25) is 0 Å². The van der Waals surface area contributed by atoms with Crippen LogP contribution in [0.25, 0.3) is 0 Å². The van der Waals surface area contributed by atoms with Gasteiger partial charge in [0.05, 0.1) is 6.10 Å². The van der Waals surface area contributed by atoms with Crippen LogP contribution in [0.5, 0.6) is 0 Å². The van der Waals surface area contributed by atoms with Gasteiger partial charge < -0.3 is 10.0 Å². The lowest BCUT2D eigenvalue weighted by atomic mass is 10.0. The normalized spacial score (nSPS) is 17.3. The zero-order valence-electron chi connectivity index (χ0n) is 13.2. The van der Waals surface area contributed by atoms with Crippen molar-refractivity contribution in [1.82, 2.24) is 9.80 Å². The lowest BCUT2D eigenvalue weighted by Gasteiger charge is -2.40. The minimum Gasteiger partial charge on any atom is -0.390 e. The molecular weight excluding hydrogens is 264 g/mol. The molecule has 1 saturated heterocycles. The van der Waals surface area contributed by atoms with Gasteiger partial charge in [-0.2, -0.15) is 0 Å². The molecule has 1 N–H and O–H groups in total. The lowest BCUT2D eigenvalue weighted by molar-refractivity contribution is -0.0113. The number of hydrogen-bond donors (Lipinski definition) is 1. The highest BCUT2D eigenvalue weighted by molar-refractivity contribution is 5.94. The van der Waals surface area contributed by atoms with Crippen LogP contribution in [-0.2, 0) is 0 Å². The van der Waals surface area contributed by atoms with Crippen LogP contribution in [0.3, 0.4) is 0 Å². The topological polar surface area (TPSA) is 43.8 Å². The van der Waals surface area contributed by atoms with Gasteiger partial charge in [-0.3, -0.25) is 9.69 Å². The second-order valence-electron chi connectivity index (χ2n) is 6.10. The lowest BCUT2D eigenvalue weighted by Crippen LogP contribution is -2.55. The minimum absolute atomic E-state index is 0.0817. The average Bonchev–Trinajstić information content (AvgIpc) is 2.43. The number of aliphatic hydroxyl groups is 1. The van der Waals surface area contributed by atoms with Crippen molar-refractivity contribution < 1.29 is 9.90 Å². The number of carbonyl (C=O) groups is 1. The van der Waals surface area contributed by atoms with Crippen molar-refractivity contribution in [2.24, 2.45) is 0 Å². The molecular formula is C17H26N2O2. The molecule has 2 rings (SSSR count). The summed E-state index contributed by atoms with van der Waals surface area (Å²) in [4.78, 5) is 16.7. The molecule has 1 aromatic rings. The quantitative estimate of drug-likeness (QED) is 0.870. The van der Waals surface area contributed by atoms with Gasteiger partial charge in [0, 0.05) is 38.3 Å². The first kappa shape index (κ1) is 16.0. The van der Waals surface area contributed by atoms with Crippen LogP contribution in [0.4, 0.5) is 0 Å². The monoisotopic (exact) mass is 290 g/mol. The molecule has 0 spiro atoms. The highest BCUT2D eigenvalue weighted by Crippen LogP contribution is 2.16. The number of likely N-dealkylation sites (tertiary alicyclic amines) is 1. The number of nitrogens with zero attached hydrogens (tertiary/aromatic N) is 2. The Kier molecular flexibility index (Phi) is 5.37. The number of likely N-dealkylation sites (N-methyl/N-ethyl adjacent to an activating group) is 1. The van der Waals surface area contributed by atoms with Crippen molar-refractivity contribution in [1.29, 1.82) is 0 Å². The van der Waals surface area contributed by atoms with E-state index < -0.39 is 0 Å². The standard InChI is InChI=1S/C17H26N2O2/c1-4-6-15(10-19-11-16(20)12-19)18(3)17(21)14-8-5-7-13(2)9-14/h5,7-9,15-16,20H,4,6,10-12H2,1-3H3/t15-/m0/s1.